The SMILES string of the molecule is CC(=O)O[C@H]1CC[C@@]2(C)C(=C[C@H](OC(C)=O)C3C4CC[C@@]5(CCC(=O)O5)C4C[C@@H](OC(C)=O)C32)C1. The minimum absolute atomic E-state index is 0.0393. The Morgan fingerprint density at radius 1 is 0.971 bits per heavy atom. The molecule has 5 rings (SSSR count). The van der Waals surface area contributed by atoms with Gasteiger partial charge in [0.2, 0.25) is 0 Å². The van der Waals surface area contributed by atoms with Crippen LogP contribution in [0, 0.1) is 29.1 Å². The molecule has 1 aliphatic heterocycles. The van der Waals surface area contributed by atoms with Crippen LogP contribution in [0.15, 0.2) is 11.6 Å². The van der Waals surface area contributed by atoms with E-state index in [4.69, 9.17) is 18.9 Å². The number of esters is 4. The number of hydrogen-bond acceptors (Lipinski definition) is 8. The molecule has 0 aromatic rings. The van der Waals surface area contributed by atoms with E-state index in [1.807, 2.05) is 0 Å². The van der Waals surface area contributed by atoms with Crippen molar-refractivity contribution in [2.45, 2.75) is 103 Å². The highest BCUT2D eigenvalue weighted by Crippen LogP contribution is 2.65. The lowest BCUT2D eigenvalue weighted by atomic mass is 9.48. The maximum Gasteiger partial charge on any atom is 0.306 e. The van der Waals surface area contributed by atoms with Crippen LogP contribution < -0.4 is 0 Å². The topological polar surface area (TPSA) is 105 Å². The monoisotopic (exact) mass is 488 g/mol. The first-order chi connectivity index (χ1) is 16.5. The molecule has 1 spiro atoms. The molecule has 0 radical (unpaired) electrons. The zero-order chi connectivity index (χ0) is 25.1. The molecule has 0 N–H and O–H groups in total. The van der Waals surface area contributed by atoms with Crippen molar-refractivity contribution in [3.05, 3.63) is 11.6 Å². The lowest BCUT2D eigenvalue weighted by Gasteiger charge is -2.59. The maximum atomic E-state index is 12.3. The Hall–Kier alpha value is -2.38. The standard InChI is InChI=1S/C27H36O8/c1-14(28)32-18-5-8-26(4)17(11-18)12-21(33-15(2)29)24-19-6-9-27(10-7-23(31)35-27)20(19)13-22(25(24)26)34-16(3)30/h12,18-22,24-25H,5-11,13H2,1-4H3/t18-,19?,20?,21-,22+,24?,25?,26-,27+/m0/s1. The van der Waals surface area contributed by atoms with Gasteiger partial charge in [-0.05, 0) is 55.9 Å². The molecular weight excluding hydrogens is 452 g/mol. The van der Waals surface area contributed by atoms with Crippen molar-refractivity contribution < 1.29 is 38.1 Å². The number of carbonyl (C=O) groups is 4. The summed E-state index contributed by atoms with van der Waals surface area (Å²) < 4.78 is 23.5. The lowest BCUT2D eigenvalue weighted by molar-refractivity contribution is -0.190. The Morgan fingerprint density at radius 3 is 2.31 bits per heavy atom. The van der Waals surface area contributed by atoms with Crippen LogP contribution >= 0.6 is 0 Å². The first-order valence-electron chi connectivity index (χ1n) is 13.0. The van der Waals surface area contributed by atoms with Crippen molar-refractivity contribution in [1.82, 2.24) is 0 Å². The summed E-state index contributed by atoms with van der Waals surface area (Å²) in [7, 11) is 0. The third-order valence-electron chi connectivity index (χ3n) is 9.56. The maximum absolute atomic E-state index is 12.3. The molecule has 8 heteroatoms. The molecule has 8 nitrogen and oxygen atoms in total. The van der Waals surface area contributed by atoms with Gasteiger partial charge in [0.15, 0.2) is 0 Å². The summed E-state index contributed by atoms with van der Waals surface area (Å²) in [4.78, 5) is 48.3. The number of ether oxygens (including phenoxy) is 4. The Bertz CT molecular complexity index is 970. The summed E-state index contributed by atoms with van der Waals surface area (Å²) in [5.41, 5.74) is 0.327. The lowest BCUT2D eigenvalue weighted by Crippen LogP contribution is -2.60. The van der Waals surface area contributed by atoms with Gasteiger partial charge in [0, 0.05) is 51.4 Å². The van der Waals surface area contributed by atoms with Crippen molar-refractivity contribution in [1.29, 1.82) is 0 Å². The summed E-state index contributed by atoms with van der Waals surface area (Å²) in [6, 6.07) is 0. The fourth-order valence-electron chi connectivity index (χ4n) is 8.44. The van der Waals surface area contributed by atoms with E-state index in [0.717, 1.165) is 31.3 Å². The summed E-state index contributed by atoms with van der Waals surface area (Å²) in [5, 5.41) is 0. The Kier molecular flexibility index (Phi) is 5.99. The highest BCUT2D eigenvalue weighted by molar-refractivity contribution is 5.72. The van der Waals surface area contributed by atoms with Gasteiger partial charge in [-0.25, -0.2) is 0 Å². The van der Waals surface area contributed by atoms with Crippen LogP contribution in [0.1, 0.15) is 79.1 Å². The predicted molar refractivity (Wildman–Crippen MR) is 123 cm³/mol. The molecule has 35 heavy (non-hydrogen) atoms. The van der Waals surface area contributed by atoms with E-state index in [9.17, 15) is 19.2 Å². The zero-order valence-corrected chi connectivity index (χ0v) is 21.0. The van der Waals surface area contributed by atoms with E-state index in [0.29, 0.717) is 25.7 Å². The van der Waals surface area contributed by atoms with Gasteiger partial charge in [0.25, 0.3) is 0 Å². The summed E-state index contributed by atoms with van der Waals surface area (Å²) in [6.45, 7) is 6.50. The van der Waals surface area contributed by atoms with Gasteiger partial charge in [-0.3, -0.25) is 19.2 Å². The summed E-state index contributed by atoms with van der Waals surface area (Å²) >= 11 is 0. The van der Waals surface area contributed by atoms with Crippen LogP contribution in [-0.4, -0.2) is 47.8 Å². The molecule has 0 aromatic carbocycles. The quantitative estimate of drug-likeness (QED) is 0.337. The zero-order valence-electron chi connectivity index (χ0n) is 21.0. The van der Waals surface area contributed by atoms with Crippen LogP contribution in [0.4, 0.5) is 0 Å². The molecule has 4 aliphatic carbocycles. The van der Waals surface area contributed by atoms with Crippen molar-refractivity contribution in [2.75, 3.05) is 0 Å². The molecule has 9 atom stereocenters. The third kappa shape index (κ3) is 4.06. The van der Waals surface area contributed by atoms with Gasteiger partial charge in [0.05, 0.1) is 0 Å². The fourth-order valence-corrected chi connectivity index (χ4v) is 8.44. The minimum atomic E-state index is -0.510. The molecular formula is C27H36O8. The first-order valence-corrected chi connectivity index (χ1v) is 13.0. The van der Waals surface area contributed by atoms with Gasteiger partial charge in [-0.15, -0.1) is 0 Å². The highest BCUT2D eigenvalue weighted by Gasteiger charge is 2.66. The van der Waals surface area contributed by atoms with E-state index in [2.05, 4.69) is 13.0 Å². The second-order valence-corrected chi connectivity index (χ2v) is 11.5. The van der Waals surface area contributed by atoms with E-state index in [-0.39, 0.29) is 65.2 Å². The molecule has 1 saturated heterocycles. The molecule has 4 unspecified atom stereocenters. The normalized spacial score (nSPS) is 43.8. The fraction of sp³-hybridized carbons (Fsp3) is 0.778. The molecule has 0 amide bonds. The molecule has 0 bridgehead atoms. The van der Waals surface area contributed by atoms with E-state index < -0.39 is 11.7 Å². The Morgan fingerprint density at radius 2 is 1.69 bits per heavy atom. The first kappa shape index (κ1) is 24.3. The number of rotatable bonds is 3. The predicted octanol–water partition coefficient (Wildman–Crippen LogP) is 3.65. The third-order valence-corrected chi connectivity index (χ3v) is 9.56. The van der Waals surface area contributed by atoms with Crippen LogP contribution in [-0.2, 0) is 38.1 Å². The van der Waals surface area contributed by atoms with E-state index in [1.165, 1.54) is 20.8 Å². The van der Waals surface area contributed by atoms with Crippen LogP contribution in [0.2, 0.25) is 0 Å². The molecule has 1 heterocycles. The highest BCUT2D eigenvalue weighted by atomic mass is 16.6. The van der Waals surface area contributed by atoms with Crippen LogP contribution in [0.25, 0.3) is 0 Å². The van der Waals surface area contributed by atoms with E-state index >= 15 is 0 Å². The summed E-state index contributed by atoms with van der Waals surface area (Å²) in [5.74, 6) is -0.966. The second-order valence-electron chi connectivity index (χ2n) is 11.5. The molecule has 3 saturated carbocycles. The van der Waals surface area contributed by atoms with Crippen molar-refractivity contribution in [3.8, 4) is 0 Å². The number of hydrogen-bond donors (Lipinski definition) is 0. The summed E-state index contributed by atoms with van der Waals surface area (Å²) in [6.07, 6.45) is 6.57. The minimum Gasteiger partial charge on any atom is -0.462 e. The van der Waals surface area contributed by atoms with Gasteiger partial charge >= 0.3 is 23.9 Å². The smallest absolute Gasteiger partial charge is 0.306 e. The largest absolute Gasteiger partial charge is 0.462 e. The van der Waals surface area contributed by atoms with Crippen LogP contribution in [0.5, 0.6) is 0 Å². The molecule has 5 aliphatic rings. The molecule has 4 fully saturated rings. The average Bonchev–Trinajstić information content (AvgIpc) is 3.30. The Balaban J connectivity index is 1.57. The second kappa shape index (κ2) is 8.63. The average molecular weight is 489 g/mol. The number of carbonyl (C=O) groups excluding carboxylic acids is 4. The van der Waals surface area contributed by atoms with Gasteiger partial charge in [0.1, 0.15) is 23.9 Å². The van der Waals surface area contributed by atoms with Gasteiger partial charge < -0.3 is 18.9 Å². The molecule has 192 valence electrons. The van der Waals surface area contributed by atoms with Crippen molar-refractivity contribution in [2.24, 2.45) is 29.1 Å². The number of fused-ring (bicyclic) bond motifs is 6. The van der Waals surface area contributed by atoms with Crippen LogP contribution in [0.3, 0.4) is 0 Å². The van der Waals surface area contributed by atoms with Crippen molar-refractivity contribution in [3.63, 3.8) is 0 Å². The van der Waals surface area contributed by atoms with Crippen molar-refractivity contribution >= 4 is 23.9 Å². The van der Waals surface area contributed by atoms with E-state index in [1.54, 1.807) is 0 Å². The Labute approximate surface area is 206 Å². The molecule has 0 aromatic heterocycles. The van der Waals surface area contributed by atoms with Gasteiger partial charge in [-0.2, -0.15) is 0 Å². The van der Waals surface area contributed by atoms with Gasteiger partial charge in [-0.1, -0.05) is 12.5 Å².